The van der Waals surface area contributed by atoms with E-state index in [4.69, 9.17) is 17.0 Å². The molecular formula is C19H27N3O2S. The van der Waals surface area contributed by atoms with Crippen LogP contribution in [0.4, 0.5) is 0 Å². The molecule has 1 aromatic rings. The number of carbonyl (C=O) groups is 1. The maximum Gasteiger partial charge on any atom is 0.234 e. The smallest absolute Gasteiger partial charge is 0.234 e. The van der Waals surface area contributed by atoms with Crippen molar-refractivity contribution < 1.29 is 9.53 Å². The van der Waals surface area contributed by atoms with Gasteiger partial charge in [-0.2, -0.15) is 0 Å². The van der Waals surface area contributed by atoms with Crippen molar-refractivity contribution in [1.29, 1.82) is 0 Å². The molecule has 5 nitrogen and oxygen atoms in total. The van der Waals surface area contributed by atoms with E-state index in [-0.39, 0.29) is 18.1 Å². The summed E-state index contributed by atoms with van der Waals surface area (Å²) < 4.78 is 5.95. The molecule has 2 rings (SSSR count). The van der Waals surface area contributed by atoms with Crippen LogP contribution in [-0.4, -0.2) is 35.1 Å². The van der Waals surface area contributed by atoms with Gasteiger partial charge in [0.1, 0.15) is 11.7 Å². The molecule has 1 aromatic carbocycles. The Morgan fingerprint density at radius 1 is 1.32 bits per heavy atom. The highest BCUT2D eigenvalue weighted by Crippen LogP contribution is 2.36. The summed E-state index contributed by atoms with van der Waals surface area (Å²) in [6, 6.07) is 7.45. The van der Waals surface area contributed by atoms with Gasteiger partial charge in [0, 0.05) is 24.4 Å². The molecule has 0 saturated carbocycles. The summed E-state index contributed by atoms with van der Waals surface area (Å²) in [6.07, 6.45) is 0.0370. The Labute approximate surface area is 155 Å². The van der Waals surface area contributed by atoms with Crippen LogP contribution >= 0.6 is 12.2 Å². The standard InChI is InChI=1S/C19H27N3O2S/c1-6-22(7-2)18(23)16-13(5)20-19(25)21-17(16)14-10-8-9-11-15(14)24-12(3)4/h8-12,16-17H,5-7H2,1-4H3,(H2,20,21,25)/t16-,17-/m1/s1. The quantitative estimate of drug-likeness (QED) is 0.763. The number of nitrogens with zero attached hydrogens (tertiary/aromatic N) is 1. The summed E-state index contributed by atoms with van der Waals surface area (Å²) >= 11 is 5.30. The lowest BCUT2D eigenvalue weighted by Crippen LogP contribution is -2.53. The van der Waals surface area contributed by atoms with Crippen molar-refractivity contribution in [3.63, 3.8) is 0 Å². The van der Waals surface area contributed by atoms with Crippen LogP contribution in [0.5, 0.6) is 5.75 Å². The van der Waals surface area contributed by atoms with Gasteiger partial charge in [-0.3, -0.25) is 4.79 Å². The van der Waals surface area contributed by atoms with Crippen LogP contribution in [0.3, 0.4) is 0 Å². The Morgan fingerprint density at radius 3 is 2.56 bits per heavy atom. The van der Waals surface area contributed by atoms with E-state index < -0.39 is 5.92 Å². The van der Waals surface area contributed by atoms with E-state index in [1.54, 1.807) is 0 Å². The van der Waals surface area contributed by atoms with Crippen LogP contribution in [0.1, 0.15) is 39.3 Å². The predicted octanol–water partition coefficient (Wildman–Crippen LogP) is 2.99. The number of ether oxygens (including phenoxy) is 1. The van der Waals surface area contributed by atoms with Crippen LogP contribution in [0, 0.1) is 5.92 Å². The molecule has 0 radical (unpaired) electrons. The van der Waals surface area contributed by atoms with Gasteiger partial charge in [0.25, 0.3) is 0 Å². The number of hydrogen-bond acceptors (Lipinski definition) is 3. The van der Waals surface area contributed by atoms with Gasteiger partial charge in [0.15, 0.2) is 5.11 Å². The Hall–Kier alpha value is -2.08. The second-order valence-corrected chi connectivity index (χ2v) is 6.70. The lowest BCUT2D eigenvalue weighted by Gasteiger charge is -2.38. The van der Waals surface area contributed by atoms with Crippen LogP contribution in [0.25, 0.3) is 0 Å². The lowest BCUT2D eigenvalue weighted by molar-refractivity contribution is -0.135. The number of rotatable bonds is 6. The summed E-state index contributed by atoms with van der Waals surface area (Å²) in [5.74, 6) is 0.329. The Balaban J connectivity index is 2.46. The van der Waals surface area contributed by atoms with Crippen molar-refractivity contribution >= 4 is 23.2 Å². The Kier molecular flexibility index (Phi) is 6.42. The molecule has 2 N–H and O–H groups in total. The molecule has 1 amide bonds. The fraction of sp³-hybridized carbons (Fsp3) is 0.474. The van der Waals surface area contributed by atoms with E-state index in [9.17, 15) is 4.79 Å². The van der Waals surface area contributed by atoms with Gasteiger partial charge in [-0.15, -0.1) is 0 Å². The van der Waals surface area contributed by atoms with Gasteiger partial charge < -0.3 is 20.3 Å². The predicted molar refractivity (Wildman–Crippen MR) is 104 cm³/mol. The first-order valence-electron chi connectivity index (χ1n) is 8.69. The number of hydrogen-bond donors (Lipinski definition) is 2. The molecule has 1 fully saturated rings. The number of nitrogens with one attached hydrogen (secondary N) is 2. The average Bonchev–Trinajstić information content (AvgIpc) is 2.55. The SMILES string of the molecule is C=C1NC(=S)N[C@H](c2ccccc2OC(C)C)[C@@H]1C(=O)N(CC)CC. The topological polar surface area (TPSA) is 53.6 Å². The van der Waals surface area contributed by atoms with Crippen molar-refractivity contribution in [2.75, 3.05) is 13.1 Å². The fourth-order valence-electron chi connectivity index (χ4n) is 3.07. The zero-order valence-corrected chi connectivity index (χ0v) is 16.2. The maximum atomic E-state index is 13.1. The van der Waals surface area contributed by atoms with Gasteiger partial charge >= 0.3 is 0 Å². The van der Waals surface area contributed by atoms with E-state index in [0.29, 0.717) is 23.9 Å². The molecule has 6 heteroatoms. The molecule has 2 atom stereocenters. The average molecular weight is 362 g/mol. The molecule has 0 aromatic heterocycles. The first-order chi connectivity index (χ1) is 11.9. The molecule has 136 valence electrons. The first kappa shape index (κ1) is 19.2. The third kappa shape index (κ3) is 4.31. The van der Waals surface area contributed by atoms with E-state index in [1.807, 2.05) is 56.9 Å². The Morgan fingerprint density at radius 2 is 1.96 bits per heavy atom. The van der Waals surface area contributed by atoms with Crippen LogP contribution < -0.4 is 15.4 Å². The fourth-order valence-corrected chi connectivity index (χ4v) is 3.32. The molecular weight excluding hydrogens is 334 g/mol. The summed E-state index contributed by atoms with van der Waals surface area (Å²) in [7, 11) is 0. The van der Waals surface area contributed by atoms with Crippen LogP contribution in [0.2, 0.25) is 0 Å². The third-order valence-corrected chi connectivity index (χ3v) is 4.45. The molecule has 0 bridgehead atoms. The van der Waals surface area contributed by atoms with E-state index >= 15 is 0 Å². The number of thiocarbonyl (C=S) groups is 1. The van der Waals surface area contributed by atoms with Crippen molar-refractivity contribution in [2.24, 2.45) is 5.92 Å². The highest BCUT2D eigenvalue weighted by molar-refractivity contribution is 7.80. The van der Waals surface area contributed by atoms with E-state index in [2.05, 4.69) is 17.2 Å². The van der Waals surface area contributed by atoms with Gasteiger partial charge in [-0.05, 0) is 46.0 Å². The zero-order chi connectivity index (χ0) is 18.6. The van der Waals surface area contributed by atoms with Crippen LogP contribution in [-0.2, 0) is 4.79 Å². The first-order valence-corrected chi connectivity index (χ1v) is 9.10. The van der Waals surface area contributed by atoms with Crippen molar-refractivity contribution in [3.8, 4) is 5.75 Å². The van der Waals surface area contributed by atoms with Crippen molar-refractivity contribution in [1.82, 2.24) is 15.5 Å². The largest absolute Gasteiger partial charge is 0.491 e. The second-order valence-electron chi connectivity index (χ2n) is 6.29. The number of carbonyl (C=O) groups excluding carboxylic acids is 1. The summed E-state index contributed by atoms with van der Waals surface area (Å²) in [5, 5.41) is 6.72. The highest BCUT2D eigenvalue weighted by Gasteiger charge is 2.39. The minimum absolute atomic E-state index is 0.0295. The summed E-state index contributed by atoms with van der Waals surface area (Å²) in [6.45, 7) is 13.3. The third-order valence-electron chi connectivity index (χ3n) is 4.23. The summed E-state index contributed by atoms with van der Waals surface area (Å²) in [4.78, 5) is 14.9. The number of benzene rings is 1. The monoisotopic (exact) mass is 361 g/mol. The highest BCUT2D eigenvalue weighted by atomic mass is 32.1. The summed E-state index contributed by atoms with van der Waals surface area (Å²) in [5.41, 5.74) is 1.52. The minimum atomic E-state index is -0.455. The van der Waals surface area contributed by atoms with Gasteiger partial charge in [-0.1, -0.05) is 24.8 Å². The second kappa shape index (κ2) is 8.34. The van der Waals surface area contributed by atoms with Crippen LogP contribution in [0.15, 0.2) is 36.5 Å². The molecule has 1 aliphatic heterocycles. The molecule has 0 spiro atoms. The normalized spacial score (nSPS) is 20.0. The van der Waals surface area contributed by atoms with Crippen molar-refractivity contribution in [3.05, 3.63) is 42.1 Å². The molecule has 1 saturated heterocycles. The molecule has 0 unspecified atom stereocenters. The molecule has 25 heavy (non-hydrogen) atoms. The minimum Gasteiger partial charge on any atom is -0.491 e. The number of para-hydroxylation sites is 1. The van der Waals surface area contributed by atoms with Crippen molar-refractivity contribution in [2.45, 2.75) is 39.8 Å². The molecule has 1 aliphatic rings. The van der Waals surface area contributed by atoms with Gasteiger partial charge in [0.2, 0.25) is 5.91 Å². The van der Waals surface area contributed by atoms with Gasteiger partial charge in [-0.25, -0.2) is 0 Å². The van der Waals surface area contributed by atoms with Gasteiger partial charge in [0.05, 0.1) is 12.1 Å². The zero-order valence-electron chi connectivity index (χ0n) is 15.3. The molecule has 1 heterocycles. The Bertz CT molecular complexity index is 656. The lowest BCUT2D eigenvalue weighted by atomic mass is 9.87. The number of amides is 1. The van der Waals surface area contributed by atoms with E-state index in [0.717, 1.165) is 11.3 Å². The maximum absolute atomic E-state index is 13.1. The van der Waals surface area contributed by atoms with E-state index in [1.165, 1.54) is 0 Å². The molecule has 0 aliphatic carbocycles.